The second kappa shape index (κ2) is 6.98. The fraction of sp³-hybridized carbons (Fsp3) is 0.364. The largest absolute Gasteiger partial charge is 0.385 e. The van der Waals surface area contributed by atoms with Gasteiger partial charge in [0.05, 0.1) is 0 Å². The highest BCUT2D eigenvalue weighted by Crippen LogP contribution is 1.96. The molecule has 4 heteroatoms. The van der Waals surface area contributed by atoms with Gasteiger partial charge in [0.15, 0.2) is 0 Å². The summed E-state index contributed by atoms with van der Waals surface area (Å²) in [5.41, 5.74) is 6.10. The first-order valence-corrected chi connectivity index (χ1v) is 4.92. The maximum Gasteiger partial charge on any atom is 0.265 e. The first-order valence-electron chi connectivity index (χ1n) is 4.92. The minimum absolute atomic E-state index is 0.118. The molecule has 1 aromatic rings. The molecular weight excluding hydrogens is 192 g/mol. The second-order valence-electron chi connectivity index (χ2n) is 3.09. The molecule has 82 valence electrons. The van der Waals surface area contributed by atoms with E-state index in [1.165, 1.54) is 0 Å². The van der Waals surface area contributed by atoms with Crippen LogP contribution >= 0.6 is 0 Å². The van der Waals surface area contributed by atoms with Crippen molar-refractivity contribution in [1.29, 1.82) is 0 Å². The third kappa shape index (κ3) is 4.58. The topological polar surface area (TPSA) is 50.4 Å². The van der Waals surface area contributed by atoms with E-state index in [1.54, 1.807) is 19.2 Å². The molecule has 0 heterocycles. The minimum Gasteiger partial charge on any atom is -0.385 e. The summed E-state index contributed by atoms with van der Waals surface area (Å²) in [6, 6.07) is 9.08. The molecule has 0 saturated carbocycles. The van der Waals surface area contributed by atoms with Crippen molar-refractivity contribution in [3.63, 3.8) is 0 Å². The highest BCUT2D eigenvalue weighted by Gasteiger charge is 2.01. The molecule has 0 spiro atoms. The van der Waals surface area contributed by atoms with Gasteiger partial charge in [-0.1, -0.05) is 18.2 Å². The van der Waals surface area contributed by atoms with Crippen LogP contribution in [0.15, 0.2) is 30.3 Å². The van der Waals surface area contributed by atoms with Crippen molar-refractivity contribution in [1.82, 2.24) is 10.9 Å². The fourth-order valence-electron chi connectivity index (χ4n) is 1.11. The highest BCUT2D eigenvalue weighted by atomic mass is 16.5. The van der Waals surface area contributed by atoms with Crippen LogP contribution in [0.2, 0.25) is 0 Å². The quantitative estimate of drug-likeness (QED) is 0.540. The normalized spacial score (nSPS) is 9.93. The number of nitrogens with one attached hydrogen (secondary N) is 2. The molecule has 0 aliphatic heterocycles. The molecule has 0 saturated heterocycles. The van der Waals surface area contributed by atoms with Gasteiger partial charge in [0.1, 0.15) is 0 Å². The van der Waals surface area contributed by atoms with E-state index in [4.69, 9.17) is 4.74 Å². The Morgan fingerprint density at radius 2 is 2.07 bits per heavy atom. The molecule has 0 radical (unpaired) electrons. The molecule has 15 heavy (non-hydrogen) atoms. The number of benzene rings is 1. The van der Waals surface area contributed by atoms with Crippen LogP contribution in [0.4, 0.5) is 0 Å². The zero-order valence-electron chi connectivity index (χ0n) is 8.82. The van der Waals surface area contributed by atoms with Gasteiger partial charge in [0.2, 0.25) is 0 Å². The van der Waals surface area contributed by atoms with Gasteiger partial charge in [-0.2, -0.15) is 0 Å². The van der Waals surface area contributed by atoms with Gasteiger partial charge in [-0.25, -0.2) is 5.43 Å². The lowest BCUT2D eigenvalue weighted by atomic mass is 10.2. The Balaban J connectivity index is 2.20. The van der Waals surface area contributed by atoms with E-state index in [1.807, 2.05) is 18.2 Å². The molecule has 0 aliphatic carbocycles. The third-order valence-corrected chi connectivity index (χ3v) is 1.89. The predicted molar refractivity (Wildman–Crippen MR) is 58.4 cm³/mol. The summed E-state index contributed by atoms with van der Waals surface area (Å²) < 4.78 is 4.88. The first kappa shape index (κ1) is 11.7. The molecule has 0 atom stereocenters. The third-order valence-electron chi connectivity index (χ3n) is 1.89. The summed E-state index contributed by atoms with van der Waals surface area (Å²) in [5, 5.41) is 0. The van der Waals surface area contributed by atoms with Crippen molar-refractivity contribution in [3.05, 3.63) is 35.9 Å². The molecule has 0 unspecified atom stereocenters. The van der Waals surface area contributed by atoms with Crippen LogP contribution in [0.1, 0.15) is 16.8 Å². The van der Waals surface area contributed by atoms with Crippen LogP contribution < -0.4 is 10.9 Å². The standard InChI is InChI=1S/C11H16N2O2/c1-15-9-5-8-12-13-11(14)10-6-3-2-4-7-10/h2-4,6-7,12H,5,8-9H2,1H3,(H,13,14). The van der Waals surface area contributed by atoms with Crippen LogP contribution in [0, 0.1) is 0 Å². The Bertz CT molecular complexity index is 288. The number of methoxy groups -OCH3 is 1. The Morgan fingerprint density at radius 1 is 1.33 bits per heavy atom. The smallest absolute Gasteiger partial charge is 0.265 e. The maximum atomic E-state index is 11.5. The van der Waals surface area contributed by atoms with Crippen molar-refractivity contribution in [2.24, 2.45) is 0 Å². The number of amides is 1. The highest BCUT2D eigenvalue weighted by molar-refractivity contribution is 5.93. The molecule has 2 N–H and O–H groups in total. The monoisotopic (exact) mass is 208 g/mol. The van der Waals surface area contributed by atoms with E-state index in [2.05, 4.69) is 10.9 Å². The molecule has 0 aromatic heterocycles. The molecule has 0 bridgehead atoms. The van der Waals surface area contributed by atoms with E-state index < -0.39 is 0 Å². The zero-order valence-corrected chi connectivity index (χ0v) is 8.82. The van der Waals surface area contributed by atoms with Crippen LogP contribution in [0.3, 0.4) is 0 Å². The van der Waals surface area contributed by atoms with Crippen LogP contribution in [0.5, 0.6) is 0 Å². The summed E-state index contributed by atoms with van der Waals surface area (Å²) in [7, 11) is 1.66. The van der Waals surface area contributed by atoms with E-state index in [-0.39, 0.29) is 5.91 Å². The van der Waals surface area contributed by atoms with Crippen LogP contribution in [0.25, 0.3) is 0 Å². The van der Waals surface area contributed by atoms with Crippen molar-refractivity contribution >= 4 is 5.91 Å². The van der Waals surface area contributed by atoms with E-state index >= 15 is 0 Å². The van der Waals surface area contributed by atoms with Crippen LogP contribution in [-0.4, -0.2) is 26.2 Å². The number of carbonyl (C=O) groups is 1. The van der Waals surface area contributed by atoms with Gasteiger partial charge in [0.25, 0.3) is 5.91 Å². The molecule has 1 rings (SSSR count). The lowest BCUT2D eigenvalue weighted by molar-refractivity contribution is 0.0930. The Morgan fingerprint density at radius 3 is 2.73 bits per heavy atom. The lowest BCUT2D eigenvalue weighted by Crippen LogP contribution is -2.38. The number of carbonyl (C=O) groups excluding carboxylic acids is 1. The number of hydrazine groups is 1. The molecule has 1 aromatic carbocycles. The number of hydrogen-bond donors (Lipinski definition) is 2. The Labute approximate surface area is 89.6 Å². The molecular formula is C11H16N2O2. The van der Waals surface area contributed by atoms with Crippen LogP contribution in [-0.2, 0) is 4.74 Å². The summed E-state index contributed by atoms with van der Waals surface area (Å²) in [5.74, 6) is -0.118. The van der Waals surface area contributed by atoms with E-state index in [0.717, 1.165) is 6.42 Å². The average molecular weight is 208 g/mol. The van der Waals surface area contributed by atoms with Gasteiger partial charge >= 0.3 is 0 Å². The number of ether oxygens (including phenoxy) is 1. The molecule has 4 nitrogen and oxygen atoms in total. The maximum absolute atomic E-state index is 11.5. The Kier molecular flexibility index (Phi) is 5.43. The van der Waals surface area contributed by atoms with Gasteiger partial charge in [0, 0.05) is 25.8 Å². The second-order valence-corrected chi connectivity index (χ2v) is 3.09. The van der Waals surface area contributed by atoms with E-state index in [0.29, 0.717) is 18.7 Å². The van der Waals surface area contributed by atoms with Crippen molar-refractivity contribution < 1.29 is 9.53 Å². The average Bonchev–Trinajstić information content (AvgIpc) is 2.30. The summed E-state index contributed by atoms with van der Waals surface area (Å²) in [4.78, 5) is 11.5. The van der Waals surface area contributed by atoms with Gasteiger partial charge in [-0.15, -0.1) is 0 Å². The van der Waals surface area contributed by atoms with Gasteiger partial charge in [-0.05, 0) is 18.6 Å². The van der Waals surface area contributed by atoms with Gasteiger partial charge < -0.3 is 4.74 Å². The molecule has 0 aliphatic rings. The van der Waals surface area contributed by atoms with Crippen molar-refractivity contribution in [2.45, 2.75) is 6.42 Å². The molecule has 0 fully saturated rings. The summed E-state index contributed by atoms with van der Waals surface area (Å²) in [6.07, 6.45) is 0.867. The zero-order chi connectivity index (χ0) is 10.9. The predicted octanol–water partition coefficient (Wildman–Crippen LogP) is 0.957. The number of rotatable bonds is 6. The minimum atomic E-state index is -0.118. The Hall–Kier alpha value is -1.39. The fourth-order valence-corrected chi connectivity index (χ4v) is 1.11. The van der Waals surface area contributed by atoms with Crippen molar-refractivity contribution in [2.75, 3.05) is 20.3 Å². The summed E-state index contributed by atoms with van der Waals surface area (Å²) in [6.45, 7) is 1.39. The molecule has 1 amide bonds. The number of hydrogen-bond acceptors (Lipinski definition) is 3. The lowest BCUT2D eigenvalue weighted by Gasteiger charge is -2.06. The van der Waals surface area contributed by atoms with E-state index in [9.17, 15) is 4.79 Å². The SMILES string of the molecule is COCCCNNC(=O)c1ccccc1. The van der Waals surface area contributed by atoms with Crippen molar-refractivity contribution in [3.8, 4) is 0 Å². The van der Waals surface area contributed by atoms with Gasteiger partial charge in [-0.3, -0.25) is 10.2 Å². The first-order chi connectivity index (χ1) is 7.34. The summed E-state index contributed by atoms with van der Waals surface area (Å²) >= 11 is 0.